The van der Waals surface area contributed by atoms with Crippen molar-refractivity contribution in [3.05, 3.63) is 0 Å². The molecule has 1 saturated carbocycles. The fourth-order valence-corrected chi connectivity index (χ4v) is 2.63. The third-order valence-corrected chi connectivity index (χ3v) is 4.53. The highest BCUT2D eigenvalue weighted by atomic mass is 19.4. The number of carbonyl (C=O) groups excluding carboxylic acids is 1. The number of alkyl halides is 3. The van der Waals surface area contributed by atoms with Gasteiger partial charge in [0.05, 0.1) is 5.92 Å². The molecule has 3 N–H and O–H groups in total. The number of nitrogens with two attached hydrogens (primary N) is 1. The molecule has 0 heterocycles. The van der Waals surface area contributed by atoms with Gasteiger partial charge in [0.15, 0.2) is 0 Å². The van der Waals surface area contributed by atoms with Gasteiger partial charge in [-0.25, -0.2) is 0 Å². The summed E-state index contributed by atoms with van der Waals surface area (Å²) in [7, 11) is 0. The van der Waals surface area contributed by atoms with Gasteiger partial charge in [0.1, 0.15) is 0 Å². The zero-order chi connectivity index (χ0) is 15.4. The molecule has 1 fully saturated rings. The molecule has 0 saturated heterocycles. The smallest absolute Gasteiger partial charge is 0.354 e. The lowest BCUT2D eigenvalue weighted by molar-refractivity contribution is -0.186. The Balaban J connectivity index is 2.51. The van der Waals surface area contributed by atoms with Crippen molar-refractivity contribution in [2.24, 2.45) is 17.6 Å². The molecule has 0 aromatic rings. The van der Waals surface area contributed by atoms with Gasteiger partial charge in [0, 0.05) is 18.0 Å². The van der Waals surface area contributed by atoms with Crippen LogP contribution in [-0.2, 0) is 4.79 Å². The first-order valence-electron chi connectivity index (χ1n) is 7.35. The highest BCUT2D eigenvalue weighted by Crippen LogP contribution is 2.39. The molecule has 6 heteroatoms. The maximum atomic E-state index is 12.7. The topological polar surface area (TPSA) is 55.1 Å². The number of carbonyl (C=O) groups is 1. The summed E-state index contributed by atoms with van der Waals surface area (Å²) < 4.78 is 38.1. The van der Waals surface area contributed by atoms with E-state index in [9.17, 15) is 18.0 Å². The second-order valence-electron chi connectivity index (χ2n) is 5.89. The lowest BCUT2D eigenvalue weighted by Crippen LogP contribution is -2.50. The normalized spacial score (nSPS) is 24.5. The number of halogens is 3. The molecule has 118 valence electrons. The second-order valence-corrected chi connectivity index (χ2v) is 5.89. The van der Waals surface area contributed by atoms with Gasteiger partial charge in [-0.3, -0.25) is 4.79 Å². The van der Waals surface area contributed by atoms with Crippen molar-refractivity contribution in [1.29, 1.82) is 0 Å². The Morgan fingerprint density at radius 1 is 1.25 bits per heavy atom. The number of hydrogen-bond donors (Lipinski definition) is 2. The summed E-state index contributed by atoms with van der Waals surface area (Å²) in [6, 6.07) is 0. The summed E-state index contributed by atoms with van der Waals surface area (Å²) in [6.45, 7) is 4.21. The molecular formula is C14H25F3N2O. The van der Waals surface area contributed by atoms with Crippen molar-refractivity contribution in [3.8, 4) is 0 Å². The summed E-state index contributed by atoms with van der Waals surface area (Å²) >= 11 is 0. The van der Waals surface area contributed by atoms with E-state index in [1.165, 1.54) is 0 Å². The summed E-state index contributed by atoms with van der Waals surface area (Å²) in [5.74, 6) is -2.16. The molecule has 0 radical (unpaired) electrons. The third-order valence-electron chi connectivity index (χ3n) is 4.53. The van der Waals surface area contributed by atoms with E-state index in [4.69, 9.17) is 5.73 Å². The van der Waals surface area contributed by atoms with Crippen molar-refractivity contribution >= 4 is 5.91 Å². The summed E-state index contributed by atoms with van der Waals surface area (Å²) in [4.78, 5) is 12.0. The molecule has 2 unspecified atom stereocenters. The Morgan fingerprint density at radius 3 is 2.35 bits per heavy atom. The molecule has 1 aliphatic rings. The van der Waals surface area contributed by atoms with Crippen LogP contribution >= 0.6 is 0 Å². The fourth-order valence-electron chi connectivity index (χ4n) is 2.63. The molecule has 2 atom stereocenters. The molecule has 3 nitrogen and oxygen atoms in total. The number of nitrogens with one attached hydrogen (secondary N) is 1. The van der Waals surface area contributed by atoms with Gasteiger partial charge in [-0.2, -0.15) is 13.2 Å². The van der Waals surface area contributed by atoms with Crippen LogP contribution in [0.1, 0.15) is 52.4 Å². The molecule has 0 bridgehead atoms. The van der Waals surface area contributed by atoms with Crippen molar-refractivity contribution in [1.82, 2.24) is 5.32 Å². The van der Waals surface area contributed by atoms with Crippen LogP contribution in [0.4, 0.5) is 13.2 Å². The van der Waals surface area contributed by atoms with Gasteiger partial charge in [0.2, 0.25) is 5.91 Å². The van der Waals surface area contributed by atoms with E-state index in [1.807, 2.05) is 13.8 Å². The van der Waals surface area contributed by atoms with Crippen molar-refractivity contribution < 1.29 is 18.0 Å². The quantitative estimate of drug-likeness (QED) is 0.819. The average Bonchev–Trinajstić information content (AvgIpc) is 2.43. The highest BCUT2D eigenvalue weighted by Gasteiger charge is 2.43. The first-order valence-corrected chi connectivity index (χ1v) is 7.35. The maximum absolute atomic E-state index is 12.7. The van der Waals surface area contributed by atoms with Gasteiger partial charge < -0.3 is 11.1 Å². The molecule has 0 aromatic heterocycles. The van der Waals surface area contributed by atoms with Gasteiger partial charge in [-0.1, -0.05) is 20.3 Å². The Bertz CT molecular complexity index is 327. The van der Waals surface area contributed by atoms with E-state index in [2.05, 4.69) is 5.32 Å². The third kappa shape index (κ3) is 4.65. The fraction of sp³-hybridized carbons (Fsp3) is 0.929. The monoisotopic (exact) mass is 294 g/mol. The minimum Gasteiger partial charge on any atom is -0.354 e. The van der Waals surface area contributed by atoms with E-state index >= 15 is 0 Å². The average molecular weight is 294 g/mol. The van der Waals surface area contributed by atoms with Crippen LogP contribution < -0.4 is 11.1 Å². The van der Waals surface area contributed by atoms with Crippen molar-refractivity contribution in [3.63, 3.8) is 0 Å². The minimum absolute atomic E-state index is 0.0921. The van der Waals surface area contributed by atoms with Crippen LogP contribution in [0.3, 0.4) is 0 Å². The van der Waals surface area contributed by atoms with E-state index in [0.717, 1.165) is 12.8 Å². The molecule has 20 heavy (non-hydrogen) atoms. The van der Waals surface area contributed by atoms with Crippen LogP contribution in [0.25, 0.3) is 0 Å². The lowest BCUT2D eigenvalue weighted by Gasteiger charge is -2.32. The SMILES string of the molecule is CCC(N)(CC)CNC(=O)C1CCCC(C(F)(F)F)C1. The predicted octanol–water partition coefficient (Wildman–Crippen LogP) is 2.99. The van der Waals surface area contributed by atoms with Crippen LogP contribution in [0.2, 0.25) is 0 Å². The van der Waals surface area contributed by atoms with Crippen molar-refractivity contribution in [2.75, 3.05) is 6.54 Å². The summed E-state index contributed by atoms with van der Waals surface area (Å²) in [5, 5.41) is 2.74. The molecule has 0 aliphatic heterocycles. The van der Waals surface area contributed by atoms with Crippen LogP contribution in [0.15, 0.2) is 0 Å². The molecule has 0 aromatic carbocycles. The van der Waals surface area contributed by atoms with Crippen LogP contribution in [-0.4, -0.2) is 24.2 Å². The second kappa shape index (κ2) is 6.78. The Morgan fingerprint density at radius 2 is 1.85 bits per heavy atom. The zero-order valence-corrected chi connectivity index (χ0v) is 12.2. The number of amides is 1. The molecule has 1 rings (SSSR count). The van der Waals surface area contributed by atoms with E-state index in [0.29, 0.717) is 19.4 Å². The minimum atomic E-state index is -4.19. The summed E-state index contributed by atoms with van der Waals surface area (Å²) in [6.07, 6.45) is -1.71. The van der Waals surface area contributed by atoms with Crippen LogP contribution in [0, 0.1) is 11.8 Å². The molecule has 1 aliphatic carbocycles. The first-order chi connectivity index (χ1) is 9.22. The largest absolute Gasteiger partial charge is 0.391 e. The Hall–Kier alpha value is -0.780. The molecule has 0 spiro atoms. The molecule has 1 amide bonds. The highest BCUT2D eigenvalue weighted by molar-refractivity contribution is 5.78. The summed E-state index contributed by atoms with van der Waals surface area (Å²) in [5.41, 5.74) is 5.61. The van der Waals surface area contributed by atoms with Crippen molar-refractivity contribution in [2.45, 2.75) is 64.1 Å². The number of rotatable bonds is 5. The Labute approximate surface area is 118 Å². The van der Waals surface area contributed by atoms with E-state index in [-0.39, 0.29) is 18.7 Å². The number of hydrogen-bond acceptors (Lipinski definition) is 2. The van der Waals surface area contributed by atoms with Crippen LogP contribution in [0.5, 0.6) is 0 Å². The maximum Gasteiger partial charge on any atom is 0.391 e. The van der Waals surface area contributed by atoms with E-state index < -0.39 is 23.6 Å². The molecular weight excluding hydrogens is 269 g/mol. The zero-order valence-electron chi connectivity index (χ0n) is 12.2. The first kappa shape index (κ1) is 17.3. The van der Waals surface area contributed by atoms with Gasteiger partial charge >= 0.3 is 6.18 Å². The van der Waals surface area contributed by atoms with E-state index in [1.54, 1.807) is 0 Å². The Kier molecular flexibility index (Phi) is 5.86. The lowest BCUT2D eigenvalue weighted by atomic mass is 9.80. The van der Waals surface area contributed by atoms with Gasteiger partial charge in [-0.15, -0.1) is 0 Å². The van der Waals surface area contributed by atoms with Gasteiger partial charge in [-0.05, 0) is 32.1 Å². The van der Waals surface area contributed by atoms with Gasteiger partial charge in [0.25, 0.3) is 0 Å². The standard InChI is InChI=1S/C14H25F3N2O/c1-3-13(18,4-2)9-19-12(20)10-6-5-7-11(8-10)14(15,16)17/h10-11H,3-9,18H2,1-2H3,(H,19,20). The predicted molar refractivity (Wildman–Crippen MR) is 72.0 cm³/mol.